The number of carbonyl (C=O) groups excluding carboxylic acids is 1. The molecular formula is C25H23ClF2N2O2. The molecule has 0 saturated heterocycles. The Hall–Kier alpha value is -2.57. The van der Waals surface area contributed by atoms with Gasteiger partial charge >= 0.3 is 0 Å². The summed E-state index contributed by atoms with van der Waals surface area (Å²) in [5.41, 5.74) is 2.00. The summed E-state index contributed by atoms with van der Waals surface area (Å²) in [6.45, 7) is 1.71. The predicted molar refractivity (Wildman–Crippen MR) is 118 cm³/mol. The molecule has 0 spiro atoms. The molecule has 1 aliphatic carbocycles. The summed E-state index contributed by atoms with van der Waals surface area (Å²) < 4.78 is 30.3. The van der Waals surface area contributed by atoms with Gasteiger partial charge in [0.25, 0.3) is 0 Å². The molecule has 166 valence electrons. The van der Waals surface area contributed by atoms with Crippen molar-refractivity contribution >= 4 is 17.4 Å². The lowest BCUT2D eigenvalue weighted by Crippen LogP contribution is -2.42. The summed E-state index contributed by atoms with van der Waals surface area (Å²) >= 11 is 5.92. The van der Waals surface area contributed by atoms with Crippen LogP contribution in [-0.4, -0.2) is 26.0 Å². The summed E-state index contributed by atoms with van der Waals surface area (Å²) in [5, 5.41) is 11.3. The summed E-state index contributed by atoms with van der Waals surface area (Å²) in [7, 11) is 0. The molecule has 4 nitrogen and oxygen atoms in total. The fourth-order valence-electron chi connectivity index (χ4n) is 5.19. The molecular weight excluding hydrogens is 434 g/mol. The van der Waals surface area contributed by atoms with Crippen LogP contribution in [-0.2, 0) is 4.79 Å². The van der Waals surface area contributed by atoms with Gasteiger partial charge in [-0.2, -0.15) is 0 Å². The van der Waals surface area contributed by atoms with E-state index in [0.29, 0.717) is 36.8 Å². The molecule has 2 aromatic carbocycles. The van der Waals surface area contributed by atoms with Gasteiger partial charge in [-0.15, -0.1) is 0 Å². The number of hydrogen-bond acceptors (Lipinski definition) is 3. The van der Waals surface area contributed by atoms with Gasteiger partial charge in [0.2, 0.25) is 0 Å². The number of Topliss-reactive ketones (excluding diaryl/α,β-unsaturated/α-hetero) is 1. The van der Waals surface area contributed by atoms with Gasteiger partial charge in [0.15, 0.2) is 5.78 Å². The van der Waals surface area contributed by atoms with Gasteiger partial charge in [0.05, 0.1) is 29.3 Å². The quantitative estimate of drug-likeness (QED) is 0.544. The number of carbonyl (C=O) groups is 1. The Morgan fingerprint density at radius 3 is 2.72 bits per heavy atom. The number of fused-ring (bicyclic) bond motifs is 3. The average Bonchev–Trinajstić information content (AvgIpc) is 3.36. The molecule has 1 N–H and O–H groups in total. The third-order valence-corrected chi connectivity index (χ3v) is 7.40. The maximum absolute atomic E-state index is 15.0. The second kappa shape index (κ2) is 7.78. The van der Waals surface area contributed by atoms with Crippen LogP contribution in [0.3, 0.4) is 0 Å². The van der Waals surface area contributed by atoms with E-state index in [1.54, 1.807) is 37.6 Å². The Morgan fingerprint density at radius 1 is 1.25 bits per heavy atom. The Bertz CT molecular complexity index is 1210. The molecule has 1 atom stereocenters. The van der Waals surface area contributed by atoms with Crippen molar-refractivity contribution in [1.29, 1.82) is 0 Å². The lowest BCUT2D eigenvalue weighted by atomic mass is 9.73. The third-order valence-electron chi connectivity index (χ3n) is 7.11. The number of aryl methyl sites for hydroxylation is 1. The second-order valence-electron chi connectivity index (χ2n) is 8.97. The Balaban J connectivity index is 1.35. The zero-order chi connectivity index (χ0) is 22.6. The van der Waals surface area contributed by atoms with Crippen LogP contribution in [0.15, 0.2) is 42.9 Å². The highest BCUT2D eigenvalue weighted by molar-refractivity contribution is 6.30. The lowest BCUT2D eigenvalue weighted by Gasteiger charge is -2.36. The highest BCUT2D eigenvalue weighted by Gasteiger charge is 2.43. The number of halogens is 3. The highest BCUT2D eigenvalue weighted by atomic mass is 35.5. The van der Waals surface area contributed by atoms with Crippen molar-refractivity contribution in [3.8, 4) is 11.3 Å². The molecule has 3 aromatic rings. The van der Waals surface area contributed by atoms with Crippen LogP contribution in [0.4, 0.5) is 8.78 Å². The smallest absolute Gasteiger partial charge is 0.166 e. The van der Waals surface area contributed by atoms with Crippen molar-refractivity contribution in [1.82, 2.24) is 9.55 Å². The molecule has 0 radical (unpaired) electrons. The van der Waals surface area contributed by atoms with Gasteiger partial charge < -0.3 is 9.67 Å². The minimum Gasteiger partial charge on any atom is -0.382 e. The van der Waals surface area contributed by atoms with E-state index >= 15 is 4.39 Å². The van der Waals surface area contributed by atoms with E-state index < -0.39 is 17.5 Å². The molecule has 1 aliphatic heterocycles. The van der Waals surface area contributed by atoms with Crippen LogP contribution >= 0.6 is 11.6 Å². The van der Waals surface area contributed by atoms with Gasteiger partial charge in [-0.05, 0) is 61.8 Å². The summed E-state index contributed by atoms with van der Waals surface area (Å²) in [5.74, 6) is -0.954. The van der Waals surface area contributed by atoms with Crippen molar-refractivity contribution in [3.63, 3.8) is 0 Å². The zero-order valence-corrected chi connectivity index (χ0v) is 18.4. The molecule has 1 fully saturated rings. The van der Waals surface area contributed by atoms with E-state index in [9.17, 15) is 14.3 Å². The number of hydrogen-bond donors (Lipinski definition) is 1. The van der Waals surface area contributed by atoms with Crippen molar-refractivity contribution in [2.24, 2.45) is 0 Å². The van der Waals surface area contributed by atoms with E-state index in [-0.39, 0.29) is 29.0 Å². The molecule has 0 amide bonds. The van der Waals surface area contributed by atoms with Crippen molar-refractivity contribution < 1.29 is 18.7 Å². The monoisotopic (exact) mass is 456 g/mol. The van der Waals surface area contributed by atoms with Gasteiger partial charge in [-0.25, -0.2) is 13.8 Å². The molecule has 1 aromatic heterocycles. The first kappa shape index (κ1) is 21.3. The third kappa shape index (κ3) is 3.37. The van der Waals surface area contributed by atoms with E-state index in [1.807, 2.05) is 10.6 Å². The molecule has 1 saturated carbocycles. The molecule has 0 bridgehead atoms. The SMILES string of the molecule is Cc1ccc2c(c1F)C(CC(=O)C1(O)CCC(c3ccc(F)c(Cl)c3)CC1)n1cncc1-2. The fraction of sp³-hybridized carbons (Fsp3) is 0.360. The Morgan fingerprint density at radius 2 is 2.00 bits per heavy atom. The van der Waals surface area contributed by atoms with E-state index in [4.69, 9.17) is 11.6 Å². The number of aromatic nitrogens is 2. The van der Waals surface area contributed by atoms with Crippen LogP contribution in [0.5, 0.6) is 0 Å². The van der Waals surface area contributed by atoms with Gasteiger partial charge in [-0.1, -0.05) is 29.8 Å². The van der Waals surface area contributed by atoms with E-state index in [0.717, 1.165) is 16.8 Å². The number of rotatable bonds is 4. The average molecular weight is 457 g/mol. The Labute approximate surface area is 189 Å². The topological polar surface area (TPSA) is 55.1 Å². The second-order valence-corrected chi connectivity index (χ2v) is 9.37. The first-order valence-electron chi connectivity index (χ1n) is 10.8. The van der Waals surface area contributed by atoms with Gasteiger partial charge in [0, 0.05) is 17.5 Å². The van der Waals surface area contributed by atoms with E-state index in [1.165, 1.54) is 6.07 Å². The normalized spacial score (nSPS) is 24.3. The number of nitrogens with zero attached hydrogens (tertiary/aromatic N) is 2. The molecule has 5 rings (SSSR count). The van der Waals surface area contributed by atoms with Crippen LogP contribution in [0.25, 0.3) is 11.3 Å². The summed E-state index contributed by atoms with van der Waals surface area (Å²) in [6, 6.07) is 7.74. The highest BCUT2D eigenvalue weighted by Crippen LogP contribution is 2.45. The predicted octanol–water partition coefficient (Wildman–Crippen LogP) is 5.74. The molecule has 7 heteroatoms. The maximum atomic E-state index is 15.0. The van der Waals surface area contributed by atoms with Crippen molar-refractivity contribution in [3.05, 3.63) is 76.2 Å². The Kier molecular flexibility index (Phi) is 5.18. The van der Waals surface area contributed by atoms with E-state index in [2.05, 4.69) is 4.98 Å². The van der Waals surface area contributed by atoms with Gasteiger partial charge in [0.1, 0.15) is 17.2 Å². The summed E-state index contributed by atoms with van der Waals surface area (Å²) in [4.78, 5) is 17.4. The minimum atomic E-state index is -1.45. The standard InChI is InChI=1S/C25H23ClF2N2O2/c1-14-2-4-17-21-12-29-13-30(21)20(23(17)24(14)28)11-22(31)25(32)8-6-15(7-9-25)16-3-5-19(27)18(26)10-16/h2-5,10,12-13,15,20,32H,6-9,11H2,1H3. The van der Waals surface area contributed by atoms with Crippen LogP contribution in [0.2, 0.25) is 5.02 Å². The number of imidazole rings is 1. The molecule has 2 aliphatic rings. The van der Waals surface area contributed by atoms with Crippen molar-refractivity contribution in [2.45, 2.75) is 56.6 Å². The molecule has 32 heavy (non-hydrogen) atoms. The van der Waals surface area contributed by atoms with Crippen LogP contribution in [0, 0.1) is 18.6 Å². The van der Waals surface area contributed by atoms with Crippen molar-refractivity contribution in [2.75, 3.05) is 0 Å². The molecule has 1 unspecified atom stereocenters. The first-order chi connectivity index (χ1) is 15.3. The maximum Gasteiger partial charge on any atom is 0.166 e. The zero-order valence-electron chi connectivity index (χ0n) is 17.6. The number of aliphatic hydroxyl groups is 1. The lowest BCUT2D eigenvalue weighted by molar-refractivity contribution is -0.141. The molecule has 2 heterocycles. The largest absolute Gasteiger partial charge is 0.382 e. The fourth-order valence-corrected chi connectivity index (χ4v) is 5.38. The number of ketones is 1. The minimum absolute atomic E-state index is 0.000274. The first-order valence-corrected chi connectivity index (χ1v) is 11.2. The van der Waals surface area contributed by atoms with Gasteiger partial charge in [-0.3, -0.25) is 4.79 Å². The number of benzene rings is 2. The van der Waals surface area contributed by atoms with Crippen LogP contribution < -0.4 is 0 Å². The van der Waals surface area contributed by atoms with Crippen LogP contribution in [0.1, 0.15) is 60.8 Å². The summed E-state index contributed by atoms with van der Waals surface area (Å²) in [6.07, 6.45) is 5.08.